The van der Waals surface area contributed by atoms with Gasteiger partial charge in [0.25, 0.3) is 0 Å². The Labute approximate surface area is 109 Å². The molecule has 4 nitrogen and oxygen atoms in total. The number of hydrogen-bond donors (Lipinski definition) is 2. The predicted octanol–water partition coefficient (Wildman–Crippen LogP) is 2.22. The zero-order valence-corrected chi connectivity index (χ0v) is 11.7. The highest BCUT2D eigenvalue weighted by Gasteiger charge is 2.17. The summed E-state index contributed by atoms with van der Waals surface area (Å²) >= 11 is 0. The Bertz CT molecular complexity index is 415. The maximum atomic E-state index is 7.44. The van der Waals surface area contributed by atoms with Gasteiger partial charge >= 0.3 is 0 Å². The molecule has 0 heterocycles. The van der Waals surface area contributed by atoms with E-state index in [1.54, 1.807) is 7.11 Å². The number of benzene rings is 1. The average Bonchev–Trinajstić information content (AvgIpc) is 2.36. The molecule has 1 aromatic carbocycles. The first-order valence-corrected chi connectivity index (χ1v) is 6.06. The molecule has 0 atom stereocenters. The molecule has 1 rings (SSSR count). The second kappa shape index (κ2) is 5.87. The van der Waals surface area contributed by atoms with Gasteiger partial charge in [-0.3, -0.25) is 5.41 Å². The second-order valence-electron chi connectivity index (χ2n) is 5.10. The number of nitrogens with one attached hydrogen (secondary N) is 1. The summed E-state index contributed by atoms with van der Waals surface area (Å²) in [6.07, 6.45) is 0.935. The van der Waals surface area contributed by atoms with E-state index >= 15 is 0 Å². The van der Waals surface area contributed by atoms with Gasteiger partial charge in [0.2, 0.25) is 0 Å². The van der Waals surface area contributed by atoms with Crippen LogP contribution in [0.3, 0.4) is 0 Å². The van der Waals surface area contributed by atoms with Gasteiger partial charge in [0, 0.05) is 32.0 Å². The van der Waals surface area contributed by atoms with E-state index in [1.807, 2.05) is 31.3 Å². The Hall–Kier alpha value is -1.55. The molecular weight excluding hydrogens is 226 g/mol. The van der Waals surface area contributed by atoms with Crippen molar-refractivity contribution >= 4 is 11.5 Å². The van der Waals surface area contributed by atoms with Crippen LogP contribution in [-0.2, 0) is 4.74 Å². The van der Waals surface area contributed by atoms with Crippen LogP contribution >= 0.6 is 0 Å². The average molecular weight is 249 g/mol. The van der Waals surface area contributed by atoms with E-state index in [1.165, 1.54) is 0 Å². The van der Waals surface area contributed by atoms with Gasteiger partial charge in [-0.1, -0.05) is 12.1 Å². The Kier molecular flexibility index (Phi) is 4.73. The van der Waals surface area contributed by atoms with Gasteiger partial charge in [-0.2, -0.15) is 0 Å². The summed E-state index contributed by atoms with van der Waals surface area (Å²) < 4.78 is 5.41. The predicted molar refractivity (Wildman–Crippen MR) is 76.4 cm³/mol. The Morgan fingerprint density at radius 3 is 2.67 bits per heavy atom. The molecule has 0 saturated carbocycles. The first kappa shape index (κ1) is 14.5. The Morgan fingerprint density at radius 2 is 2.11 bits per heavy atom. The van der Waals surface area contributed by atoms with Gasteiger partial charge in [0.15, 0.2) is 0 Å². The highest BCUT2D eigenvalue weighted by atomic mass is 16.5. The molecule has 0 fully saturated rings. The van der Waals surface area contributed by atoms with Crippen molar-refractivity contribution < 1.29 is 4.74 Å². The van der Waals surface area contributed by atoms with Crippen molar-refractivity contribution in [3.63, 3.8) is 0 Å². The molecule has 4 heteroatoms. The number of methoxy groups -OCH3 is 1. The van der Waals surface area contributed by atoms with Crippen LogP contribution in [0.5, 0.6) is 0 Å². The summed E-state index contributed by atoms with van der Waals surface area (Å²) in [5.74, 6) is 0.0995. The van der Waals surface area contributed by atoms with E-state index in [0.29, 0.717) is 0 Å². The van der Waals surface area contributed by atoms with Gasteiger partial charge < -0.3 is 15.4 Å². The lowest BCUT2D eigenvalue weighted by Gasteiger charge is -2.27. The fourth-order valence-electron chi connectivity index (χ4n) is 1.58. The first-order chi connectivity index (χ1) is 8.35. The number of nitrogen functional groups attached to an aromatic ring is 1. The number of rotatable bonds is 6. The number of ether oxygens (including phenoxy) is 1. The summed E-state index contributed by atoms with van der Waals surface area (Å²) in [7, 11) is 3.77. The van der Waals surface area contributed by atoms with Crippen LogP contribution in [0.4, 0.5) is 5.69 Å². The molecule has 0 bridgehead atoms. The Balaban J connectivity index is 2.69. The van der Waals surface area contributed by atoms with Gasteiger partial charge in [0.05, 0.1) is 5.60 Å². The molecular formula is C14H23N3O. The molecule has 100 valence electrons. The molecule has 0 radical (unpaired) electrons. The van der Waals surface area contributed by atoms with Crippen molar-refractivity contribution in [2.75, 3.05) is 25.6 Å². The molecule has 0 unspecified atom stereocenters. The van der Waals surface area contributed by atoms with Crippen molar-refractivity contribution in [3.05, 3.63) is 29.8 Å². The first-order valence-electron chi connectivity index (χ1n) is 6.06. The van der Waals surface area contributed by atoms with Gasteiger partial charge in [-0.05, 0) is 32.4 Å². The topological polar surface area (TPSA) is 62.3 Å². The lowest BCUT2D eigenvalue weighted by atomic mass is 10.0. The summed E-state index contributed by atoms with van der Waals surface area (Å²) in [5, 5.41) is 7.44. The molecule has 1 aromatic rings. The quantitative estimate of drug-likeness (QED) is 0.600. The minimum absolute atomic E-state index is 0.0995. The number of nitrogens with two attached hydrogens (primary N) is 1. The maximum absolute atomic E-state index is 7.44. The third kappa shape index (κ3) is 4.04. The normalized spacial score (nSPS) is 11.3. The summed E-state index contributed by atoms with van der Waals surface area (Å²) in [6.45, 7) is 5.04. The number of nitrogens with zero attached hydrogens (tertiary/aromatic N) is 1. The van der Waals surface area contributed by atoms with E-state index in [4.69, 9.17) is 15.9 Å². The van der Waals surface area contributed by atoms with Gasteiger partial charge in [0.1, 0.15) is 5.84 Å². The van der Waals surface area contributed by atoms with Crippen molar-refractivity contribution in [1.29, 1.82) is 5.41 Å². The largest absolute Gasteiger partial charge is 0.384 e. The van der Waals surface area contributed by atoms with Gasteiger partial charge in [-0.15, -0.1) is 0 Å². The minimum atomic E-state index is -0.119. The lowest BCUT2D eigenvalue weighted by molar-refractivity contribution is 0.0174. The van der Waals surface area contributed by atoms with E-state index in [-0.39, 0.29) is 11.4 Å². The highest BCUT2D eigenvalue weighted by molar-refractivity contribution is 5.95. The standard InChI is InChI=1S/C14H23N3O/c1-14(2,18-4)8-9-17(3)12-7-5-6-11(10-12)13(15)16/h5-7,10H,8-9H2,1-4H3,(H3,15,16). The molecule has 18 heavy (non-hydrogen) atoms. The minimum Gasteiger partial charge on any atom is -0.384 e. The smallest absolute Gasteiger partial charge is 0.122 e. The van der Waals surface area contributed by atoms with E-state index in [2.05, 4.69) is 18.7 Å². The molecule has 0 spiro atoms. The summed E-state index contributed by atoms with van der Waals surface area (Å²) in [4.78, 5) is 2.15. The number of hydrogen-bond acceptors (Lipinski definition) is 3. The Morgan fingerprint density at radius 1 is 1.44 bits per heavy atom. The van der Waals surface area contributed by atoms with E-state index < -0.39 is 0 Å². The molecule has 0 aromatic heterocycles. The van der Waals surface area contributed by atoms with Crippen molar-refractivity contribution in [2.45, 2.75) is 25.9 Å². The SMILES string of the molecule is COC(C)(C)CCN(C)c1cccc(C(=N)N)c1. The lowest BCUT2D eigenvalue weighted by Crippen LogP contribution is -2.30. The molecule has 0 amide bonds. The highest BCUT2D eigenvalue weighted by Crippen LogP contribution is 2.18. The van der Waals surface area contributed by atoms with Crippen LogP contribution in [0.1, 0.15) is 25.8 Å². The fourth-order valence-corrected chi connectivity index (χ4v) is 1.58. The summed E-state index contributed by atoms with van der Waals surface area (Å²) in [6, 6.07) is 7.72. The maximum Gasteiger partial charge on any atom is 0.122 e. The van der Waals surface area contributed by atoms with Crippen molar-refractivity contribution in [2.24, 2.45) is 5.73 Å². The van der Waals surface area contributed by atoms with Crippen LogP contribution in [0, 0.1) is 5.41 Å². The summed E-state index contributed by atoms with van der Waals surface area (Å²) in [5.41, 5.74) is 7.19. The van der Waals surface area contributed by atoms with Crippen LogP contribution in [0.15, 0.2) is 24.3 Å². The fraction of sp³-hybridized carbons (Fsp3) is 0.500. The molecule has 3 N–H and O–H groups in total. The third-order valence-electron chi connectivity index (χ3n) is 3.20. The van der Waals surface area contributed by atoms with Crippen LogP contribution < -0.4 is 10.6 Å². The van der Waals surface area contributed by atoms with Crippen LogP contribution in [0.2, 0.25) is 0 Å². The van der Waals surface area contributed by atoms with Crippen LogP contribution in [-0.4, -0.2) is 32.1 Å². The zero-order chi connectivity index (χ0) is 13.8. The molecule has 0 aliphatic rings. The van der Waals surface area contributed by atoms with Gasteiger partial charge in [-0.25, -0.2) is 0 Å². The van der Waals surface area contributed by atoms with E-state index in [0.717, 1.165) is 24.2 Å². The van der Waals surface area contributed by atoms with Crippen molar-refractivity contribution in [1.82, 2.24) is 0 Å². The third-order valence-corrected chi connectivity index (χ3v) is 3.20. The van der Waals surface area contributed by atoms with Crippen molar-refractivity contribution in [3.8, 4) is 0 Å². The second-order valence-corrected chi connectivity index (χ2v) is 5.10. The number of amidine groups is 1. The monoisotopic (exact) mass is 249 g/mol. The van der Waals surface area contributed by atoms with Crippen LogP contribution in [0.25, 0.3) is 0 Å². The number of anilines is 1. The molecule has 0 aliphatic carbocycles. The molecule has 0 aliphatic heterocycles. The van der Waals surface area contributed by atoms with E-state index in [9.17, 15) is 0 Å². The zero-order valence-electron chi connectivity index (χ0n) is 11.7. The molecule has 0 saturated heterocycles.